The van der Waals surface area contributed by atoms with Gasteiger partial charge in [-0.3, -0.25) is 0 Å². The van der Waals surface area contributed by atoms with Crippen molar-refractivity contribution in [2.75, 3.05) is 6.61 Å². The molecule has 1 rings (SSSR count). The second kappa shape index (κ2) is 5.89. The van der Waals surface area contributed by atoms with E-state index in [0.717, 1.165) is 13.0 Å². The summed E-state index contributed by atoms with van der Waals surface area (Å²) in [5.41, 5.74) is 8.61. The van der Waals surface area contributed by atoms with Crippen LogP contribution >= 0.6 is 0 Å². The molecule has 1 aromatic carbocycles. The molecule has 2 atom stereocenters. The normalized spacial score (nSPS) is 14.9. The van der Waals surface area contributed by atoms with Crippen molar-refractivity contribution in [3.05, 3.63) is 35.4 Å². The molecule has 2 N–H and O–H groups in total. The summed E-state index contributed by atoms with van der Waals surface area (Å²) in [6, 6.07) is 8.58. The molecule has 0 radical (unpaired) electrons. The molecular weight excluding hydrogens is 186 g/mol. The second-order valence-corrected chi connectivity index (χ2v) is 4.01. The fourth-order valence-electron chi connectivity index (χ4n) is 1.55. The van der Waals surface area contributed by atoms with Gasteiger partial charge in [0.1, 0.15) is 0 Å². The zero-order valence-electron chi connectivity index (χ0n) is 9.86. The lowest BCUT2D eigenvalue weighted by Crippen LogP contribution is -2.36. The molecule has 0 saturated carbocycles. The van der Waals surface area contributed by atoms with Crippen LogP contribution < -0.4 is 5.73 Å². The third kappa shape index (κ3) is 4.02. The summed E-state index contributed by atoms with van der Waals surface area (Å²) in [4.78, 5) is 0. The van der Waals surface area contributed by atoms with Gasteiger partial charge in [-0.2, -0.15) is 0 Å². The predicted molar refractivity (Wildman–Crippen MR) is 63.9 cm³/mol. The maximum Gasteiger partial charge on any atom is 0.0700 e. The first-order valence-corrected chi connectivity index (χ1v) is 5.56. The van der Waals surface area contributed by atoms with Gasteiger partial charge in [-0.05, 0) is 32.8 Å². The average Bonchev–Trinajstić information content (AvgIpc) is 2.22. The number of rotatable bonds is 5. The van der Waals surface area contributed by atoms with Crippen LogP contribution in [-0.4, -0.2) is 18.8 Å². The molecule has 2 nitrogen and oxygen atoms in total. The Morgan fingerprint density at radius 1 is 1.27 bits per heavy atom. The van der Waals surface area contributed by atoms with E-state index in [2.05, 4.69) is 31.2 Å². The molecule has 84 valence electrons. The lowest BCUT2D eigenvalue weighted by atomic mass is 10.0. The van der Waals surface area contributed by atoms with Crippen molar-refractivity contribution in [2.45, 2.75) is 39.3 Å². The lowest BCUT2D eigenvalue weighted by molar-refractivity contribution is 0.0577. The molecule has 0 aliphatic rings. The summed E-state index contributed by atoms with van der Waals surface area (Å²) >= 11 is 0. The summed E-state index contributed by atoms with van der Waals surface area (Å²) in [6.07, 6.45) is 0.998. The van der Waals surface area contributed by atoms with Crippen molar-refractivity contribution < 1.29 is 4.74 Å². The van der Waals surface area contributed by atoms with Gasteiger partial charge in [-0.15, -0.1) is 0 Å². The lowest BCUT2D eigenvalue weighted by Gasteiger charge is -2.19. The minimum absolute atomic E-state index is 0.0765. The molecule has 1 aromatic rings. The van der Waals surface area contributed by atoms with Crippen LogP contribution in [0.25, 0.3) is 0 Å². The molecule has 2 unspecified atom stereocenters. The molecule has 0 aromatic heterocycles. The van der Waals surface area contributed by atoms with E-state index in [-0.39, 0.29) is 12.1 Å². The monoisotopic (exact) mass is 207 g/mol. The second-order valence-electron chi connectivity index (χ2n) is 4.01. The smallest absolute Gasteiger partial charge is 0.0700 e. The third-order valence-electron chi connectivity index (χ3n) is 2.62. The maximum absolute atomic E-state index is 6.05. The van der Waals surface area contributed by atoms with E-state index in [9.17, 15) is 0 Å². The first-order chi connectivity index (χ1) is 7.13. The Balaban J connectivity index is 2.50. The van der Waals surface area contributed by atoms with Crippen LogP contribution in [0.3, 0.4) is 0 Å². The van der Waals surface area contributed by atoms with Gasteiger partial charge < -0.3 is 10.5 Å². The van der Waals surface area contributed by atoms with Crippen molar-refractivity contribution in [1.82, 2.24) is 0 Å². The van der Waals surface area contributed by atoms with Crippen LogP contribution in [0.4, 0.5) is 0 Å². The molecule has 0 spiro atoms. The Morgan fingerprint density at radius 2 is 1.87 bits per heavy atom. The van der Waals surface area contributed by atoms with Gasteiger partial charge in [0.2, 0.25) is 0 Å². The van der Waals surface area contributed by atoms with Crippen LogP contribution in [0.15, 0.2) is 24.3 Å². The Bertz CT molecular complexity index is 281. The number of ether oxygens (including phenoxy) is 1. The maximum atomic E-state index is 6.05. The van der Waals surface area contributed by atoms with Crippen molar-refractivity contribution in [1.29, 1.82) is 0 Å². The predicted octanol–water partition coefficient (Wildman–Crippen LogP) is 2.29. The Morgan fingerprint density at radius 3 is 2.40 bits per heavy atom. The summed E-state index contributed by atoms with van der Waals surface area (Å²) in [5, 5.41) is 0. The van der Waals surface area contributed by atoms with Crippen molar-refractivity contribution in [2.24, 2.45) is 5.73 Å². The zero-order valence-corrected chi connectivity index (χ0v) is 9.86. The van der Waals surface area contributed by atoms with Crippen LogP contribution in [0, 0.1) is 6.92 Å². The highest BCUT2D eigenvalue weighted by molar-refractivity contribution is 5.22. The van der Waals surface area contributed by atoms with Gasteiger partial charge in [0.15, 0.2) is 0 Å². The number of hydrogen-bond donors (Lipinski definition) is 1. The summed E-state index contributed by atoms with van der Waals surface area (Å²) < 4.78 is 5.47. The van der Waals surface area contributed by atoms with Crippen molar-refractivity contribution in [3.63, 3.8) is 0 Å². The molecule has 15 heavy (non-hydrogen) atoms. The van der Waals surface area contributed by atoms with E-state index in [1.165, 1.54) is 11.1 Å². The molecule has 0 bridgehead atoms. The van der Waals surface area contributed by atoms with E-state index in [1.807, 2.05) is 13.8 Å². The topological polar surface area (TPSA) is 35.2 Å². The van der Waals surface area contributed by atoms with E-state index in [0.29, 0.717) is 0 Å². The van der Waals surface area contributed by atoms with Crippen molar-refractivity contribution in [3.8, 4) is 0 Å². The van der Waals surface area contributed by atoms with Crippen LogP contribution in [0.2, 0.25) is 0 Å². The quantitative estimate of drug-likeness (QED) is 0.804. The molecule has 0 aliphatic carbocycles. The van der Waals surface area contributed by atoms with Gasteiger partial charge in [0, 0.05) is 12.6 Å². The van der Waals surface area contributed by atoms with E-state index in [4.69, 9.17) is 10.5 Å². The molecule has 0 saturated heterocycles. The third-order valence-corrected chi connectivity index (χ3v) is 2.62. The minimum Gasteiger partial charge on any atom is -0.377 e. The molecule has 0 aliphatic heterocycles. The molecular formula is C13H21NO. The Kier molecular flexibility index (Phi) is 4.79. The molecule has 0 heterocycles. The SMILES string of the molecule is CCOC(C)C(N)Cc1ccc(C)cc1. The fourth-order valence-corrected chi connectivity index (χ4v) is 1.55. The van der Waals surface area contributed by atoms with E-state index in [1.54, 1.807) is 0 Å². The average molecular weight is 207 g/mol. The number of aryl methyl sites for hydroxylation is 1. The van der Waals surface area contributed by atoms with Crippen LogP contribution in [-0.2, 0) is 11.2 Å². The summed E-state index contributed by atoms with van der Waals surface area (Å²) in [7, 11) is 0. The first-order valence-electron chi connectivity index (χ1n) is 5.56. The summed E-state index contributed by atoms with van der Waals surface area (Å²) in [5.74, 6) is 0. The number of nitrogens with two attached hydrogens (primary N) is 1. The van der Waals surface area contributed by atoms with Crippen molar-refractivity contribution >= 4 is 0 Å². The minimum atomic E-state index is 0.0765. The standard InChI is InChI=1S/C13H21NO/c1-4-15-11(3)13(14)9-12-7-5-10(2)6-8-12/h5-8,11,13H,4,9,14H2,1-3H3. The van der Waals surface area contributed by atoms with Gasteiger partial charge in [0.25, 0.3) is 0 Å². The van der Waals surface area contributed by atoms with E-state index < -0.39 is 0 Å². The highest BCUT2D eigenvalue weighted by Crippen LogP contribution is 2.08. The van der Waals surface area contributed by atoms with Gasteiger partial charge >= 0.3 is 0 Å². The van der Waals surface area contributed by atoms with Crippen LogP contribution in [0.5, 0.6) is 0 Å². The number of hydrogen-bond acceptors (Lipinski definition) is 2. The van der Waals surface area contributed by atoms with Crippen LogP contribution in [0.1, 0.15) is 25.0 Å². The zero-order chi connectivity index (χ0) is 11.3. The highest BCUT2D eigenvalue weighted by atomic mass is 16.5. The van der Waals surface area contributed by atoms with Gasteiger partial charge in [-0.25, -0.2) is 0 Å². The Labute approximate surface area is 92.4 Å². The largest absolute Gasteiger partial charge is 0.377 e. The fraction of sp³-hybridized carbons (Fsp3) is 0.538. The molecule has 0 amide bonds. The summed E-state index contributed by atoms with van der Waals surface area (Å²) in [6.45, 7) is 6.84. The molecule has 0 fully saturated rings. The highest BCUT2D eigenvalue weighted by Gasteiger charge is 2.12. The van der Waals surface area contributed by atoms with E-state index >= 15 is 0 Å². The first kappa shape index (κ1) is 12.2. The Hall–Kier alpha value is -0.860. The van der Waals surface area contributed by atoms with Gasteiger partial charge in [-0.1, -0.05) is 29.8 Å². The molecule has 2 heteroatoms. The van der Waals surface area contributed by atoms with Gasteiger partial charge in [0.05, 0.1) is 6.10 Å². The number of benzene rings is 1.